The minimum atomic E-state index is 0.478. The van der Waals surface area contributed by atoms with Gasteiger partial charge in [0, 0.05) is 31.7 Å². The van der Waals surface area contributed by atoms with Crippen LogP contribution in [0.5, 0.6) is 0 Å². The van der Waals surface area contributed by atoms with E-state index in [1.165, 1.54) is 11.1 Å². The third-order valence-electron chi connectivity index (χ3n) is 4.14. The minimum Gasteiger partial charge on any atom is -0.378 e. The molecule has 118 valence electrons. The van der Waals surface area contributed by atoms with Crippen LogP contribution in [0.3, 0.4) is 0 Å². The summed E-state index contributed by atoms with van der Waals surface area (Å²) in [6, 6.07) is 10.1. The summed E-state index contributed by atoms with van der Waals surface area (Å²) >= 11 is 0. The van der Waals surface area contributed by atoms with Gasteiger partial charge in [0.25, 0.3) is 0 Å². The molecule has 0 saturated carbocycles. The van der Waals surface area contributed by atoms with Gasteiger partial charge in [-0.05, 0) is 17.0 Å². The summed E-state index contributed by atoms with van der Waals surface area (Å²) in [4.78, 5) is 2.54. The van der Waals surface area contributed by atoms with Crippen molar-refractivity contribution in [3.63, 3.8) is 0 Å². The molecule has 3 nitrogen and oxygen atoms in total. The maximum Gasteiger partial charge on any atom is 0.0635 e. The summed E-state index contributed by atoms with van der Waals surface area (Å²) < 4.78 is 5.65. The molecule has 1 aromatic carbocycles. The zero-order chi connectivity index (χ0) is 15.2. The van der Waals surface area contributed by atoms with Crippen molar-refractivity contribution >= 4 is 0 Å². The van der Waals surface area contributed by atoms with Crippen molar-refractivity contribution in [2.24, 2.45) is 0 Å². The Morgan fingerprint density at radius 2 is 1.90 bits per heavy atom. The fraction of sp³-hybridized carbons (Fsp3) is 0.667. The van der Waals surface area contributed by atoms with E-state index < -0.39 is 0 Å². The van der Waals surface area contributed by atoms with Gasteiger partial charge in [-0.25, -0.2) is 0 Å². The van der Waals surface area contributed by atoms with Crippen molar-refractivity contribution in [1.29, 1.82) is 0 Å². The summed E-state index contributed by atoms with van der Waals surface area (Å²) in [7, 11) is 0. The Balaban J connectivity index is 1.94. The van der Waals surface area contributed by atoms with Crippen LogP contribution in [0.25, 0.3) is 0 Å². The number of nitrogens with one attached hydrogen (secondary N) is 1. The molecule has 2 rings (SSSR count). The van der Waals surface area contributed by atoms with Crippen molar-refractivity contribution in [3.8, 4) is 0 Å². The molecule has 1 aliphatic heterocycles. The van der Waals surface area contributed by atoms with Gasteiger partial charge in [-0.15, -0.1) is 0 Å². The zero-order valence-corrected chi connectivity index (χ0v) is 13.9. The molecule has 3 heteroatoms. The normalized spacial score (nSPS) is 20.4. The first-order valence-corrected chi connectivity index (χ1v) is 8.20. The SMILES string of the molecule is CC(C)NCC1COCCN1Cc1ccc(C(C)C)cc1. The summed E-state index contributed by atoms with van der Waals surface area (Å²) in [5.41, 5.74) is 2.81. The van der Waals surface area contributed by atoms with Gasteiger partial charge in [-0.2, -0.15) is 0 Å². The smallest absolute Gasteiger partial charge is 0.0635 e. The standard InChI is InChI=1S/C18H30N2O/c1-14(2)17-7-5-16(6-8-17)12-20-9-10-21-13-18(20)11-19-15(3)4/h5-8,14-15,18-19H,9-13H2,1-4H3. The maximum atomic E-state index is 5.65. The van der Waals surface area contributed by atoms with Crippen LogP contribution in [0, 0.1) is 0 Å². The average Bonchev–Trinajstić information content (AvgIpc) is 2.47. The van der Waals surface area contributed by atoms with Crippen LogP contribution in [0.2, 0.25) is 0 Å². The summed E-state index contributed by atoms with van der Waals surface area (Å²) in [6.07, 6.45) is 0. The third-order valence-corrected chi connectivity index (χ3v) is 4.14. The number of hydrogen-bond acceptors (Lipinski definition) is 3. The topological polar surface area (TPSA) is 24.5 Å². The van der Waals surface area contributed by atoms with Crippen molar-refractivity contribution in [1.82, 2.24) is 10.2 Å². The van der Waals surface area contributed by atoms with E-state index in [0.717, 1.165) is 32.8 Å². The third kappa shape index (κ3) is 5.10. The van der Waals surface area contributed by atoms with E-state index in [1.807, 2.05) is 0 Å². The lowest BCUT2D eigenvalue weighted by atomic mass is 10.0. The molecular formula is C18H30N2O. The van der Waals surface area contributed by atoms with Crippen LogP contribution in [0.15, 0.2) is 24.3 Å². The lowest BCUT2D eigenvalue weighted by molar-refractivity contribution is -0.0114. The number of ether oxygens (including phenoxy) is 1. The van der Waals surface area contributed by atoms with Crippen LogP contribution < -0.4 is 5.32 Å². The first-order valence-electron chi connectivity index (χ1n) is 8.20. The molecule has 1 fully saturated rings. The fourth-order valence-electron chi connectivity index (χ4n) is 2.70. The highest BCUT2D eigenvalue weighted by Gasteiger charge is 2.22. The van der Waals surface area contributed by atoms with Crippen molar-refractivity contribution in [2.45, 2.75) is 52.2 Å². The van der Waals surface area contributed by atoms with Gasteiger partial charge in [0.1, 0.15) is 0 Å². The minimum absolute atomic E-state index is 0.478. The predicted molar refractivity (Wildman–Crippen MR) is 88.7 cm³/mol. The first kappa shape index (κ1) is 16.5. The largest absolute Gasteiger partial charge is 0.378 e. The lowest BCUT2D eigenvalue weighted by Crippen LogP contribution is -2.50. The molecule has 0 bridgehead atoms. The molecule has 1 unspecified atom stereocenters. The lowest BCUT2D eigenvalue weighted by Gasteiger charge is -2.36. The first-order chi connectivity index (χ1) is 10.1. The van der Waals surface area contributed by atoms with E-state index in [1.54, 1.807) is 0 Å². The fourth-order valence-corrected chi connectivity index (χ4v) is 2.70. The van der Waals surface area contributed by atoms with Crippen LogP contribution in [0.1, 0.15) is 44.7 Å². The molecule has 0 aromatic heterocycles. The number of hydrogen-bond donors (Lipinski definition) is 1. The molecule has 1 saturated heterocycles. The van der Waals surface area contributed by atoms with Gasteiger partial charge < -0.3 is 10.1 Å². The van der Waals surface area contributed by atoms with Gasteiger partial charge in [0.2, 0.25) is 0 Å². The highest BCUT2D eigenvalue weighted by Crippen LogP contribution is 2.17. The quantitative estimate of drug-likeness (QED) is 0.871. The van der Waals surface area contributed by atoms with E-state index in [0.29, 0.717) is 18.0 Å². The van der Waals surface area contributed by atoms with Gasteiger partial charge in [0.05, 0.1) is 13.2 Å². The van der Waals surface area contributed by atoms with Crippen molar-refractivity contribution < 1.29 is 4.74 Å². The monoisotopic (exact) mass is 290 g/mol. The van der Waals surface area contributed by atoms with Gasteiger partial charge in [0.15, 0.2) is 0 Å². The van der Waals surface area contributed by atoms with E-state index in [9.17, 15) is 0 Å². The molecule has 1 heterocycles. The van der Waals surface area contributed by atoms with Gasteiger partial charge in [-0.3, -0.25) is 4.90 Å². The molecule has 0 spiro atoms. The average molecular weight is 290 g/mol. The molecular weight excluding hydrogens is 260 g/mol. The molecule has 0 aliphatic carbocycles. The van der Waals surface area contributed by atoms with Crippen LogP contribution in [0.4, 0.5) is 0 Å². The highest BCUT2D eigenvalue weighted by atomic mass is 16.5. The Morgan fingerprint density at radius 3 is 2.52 bits per heavy atom. The summed E-state index contributed by atoms with van der Waals surface area (Å²) in [6.45, 7) is 13.6. The van der Waals surface area contributed by atoms with Crippen LogP contribution in [-0.2, 0) is 11.3 Å². The van der Waals surface area contributed by atoms with Gasteiger partial charge >= 0.3 is 0 Å². The molecule has 1 aromatic rings. The van der Waals surface area contributed by atoms with Crippen LogP contribution >= 0.6 is 0 Å². The molecule has 0 amide bonds. The predicted octanol–water partition coefficient (Wildman–Crippen LogP) is 3.01. The van der Waals surface area contributed by atoms with Gasteiger partial charge in [-0.1, -0.05) is 52.0 Å². The summed E-state index contributed by atoms with van der Waals surface area (Å²) in [5, 5.41) is 3.53. The Hall–Kier alpha value is -0.900. The number of morpholine rings is 1. The number of nitrogens with zero attached hydrogens (tertiary/aromatic N) is 1. The second-order valence-electron chi connectivity index (χ2n) is 6.66. The number of benzene rings is 1. The van der Waals surface area contributed by atoms with E-state index in [4.69, 9.17) is 4.74 Å². The van der Waals surface area contributed by atoms with Crippen molar-refractivity contribution in [2.75, 3.05) is 26.3 Å². The number of rotatable bonds is 6. The van der Waals surface area contributed by atoms with E-state index in [2.05, 4.69) is 62.2 Å². The Morgan fingerprint density at radius 1 is 1.19 bits per heavy atom. The van der Waals surface area contributed by atoms with E-state index in [-0.39, 0.29) is 0 Å². The molecule has 1 aliphatic rings. The second kappa shape index (κ2) is 7.92. The second-order valence-corrected chi connectivity index (χ2v) is 6.66. The molecule has 1 atom stereocenters. The molecule has 1 N–H and O–H groups in total. The summed E-state index contributed by atoms with van der Waals surface area (Å²) in [5.74, 6) is 0.602. The van der Waals surface area contributed by atoms with Crippen molar-refractivity contribution in [3.05, 3.63) is 35.4 Å². The molecule has 21 heavy (non-hydrogen) atoms. The zero-order valence-electron chi connectivity index (χ0n) is 13.9. The van der Waals surface area contributed by atoms with Crippen LogP contribution in [-0.4, -0.2) is 43.3 Å². The maximum absolute atomic E-state index is 5.65. The molecule has 0 radical (unpaired) electrons. The Kier molecular flexibility index (Phi) is 6.22. The Labute approximate surface area is 129 Å². The van der Waals surface area contributed by atoms with E-state index >= 15 is 0 Å². The Bertz CT molecular complexity index is 414. The highest BCUT2D eigenvalue weighted by molar-refractivity contribution is 5.24.